The Kier molecular flexibility index (Phi) is 6.17. The minimum atomic E-state index is -0.279. The number of hydrogen-bond donors (Lipinski definition) is 2. The molecule has 0 bridgehead atoms. The lowest BCUT2D eigenvalue weighted by atomic mass is 10.0. The van der Waals surface area contributed by atoms with Crippen LogP contribution in [0.4, 0.5) is 5.69 Å². The minimum absolute atomic E-state index is 0.0169. The van der Waals surface area contributed by atoms with Gasteiger partial charge in [-0.25, -0.2) is 0 Å². The summed E-state index contributed by atoms with van der Waals surface area (Å²) in [6.07, 6.45) is 1.26. The van der Waals surface area contributed by atoms with Gasteiger partial charge in [0.15, 0.2) is 0 Å². The van der Waals surface area contributed by atoms with Gasteiger partial charge in [-0.15, -0.1) is 0 Å². The maximum absolute atomic E-state index is 12.7. The van der Waals surface area contributed by atoms with Crippen molar-refractivity contribution in [1.29, 1.82) is 0 Å². The van der Waals surface area contributed by atoms with Crippen molar-refractivity contribution in [2.24, 2.45) is 5.92 Å². The van der Waals surface area contributed by atoms with Crippen molar-refractivity contribution in [2.45, 2.75) is 39.2 Å². The van der Waals surface area contributed by atoms with Crippen LogP contribution in [0.3, 0.4) is 0 Å². The lowest BCUT2D eigenvalue weighted by molar-refractivity contribution is -0.954. The van der Waals surface area contributed by atoms with Crippen LogP contribution in [0, 0.1) is 5.92 Å². The first-order valence-corrected chi connectivity index (χ1v) is 10.0. The molecule has 0 aliphatic carbocycles. The molecule has 2 heterocycles. The Morgan fingerprint density at radius 3 is 2.56 bits per heavy atom. The van der Waals surface area contributed by atoms with E-state index in [9.17, 15) is 9.59 Å². The highest BCUT2D eigenvalue weighted by Crippen LogP contribution is 2.25. The van der Waals surface area contributed by atoms with Crippen LogP contribution in [0.25, 0.3) is 0 Å². The predicted molar refractivity (Wildman–Crippen MR) is 105 cm³/mol. The molecular weight excluding hydrogens is 342 g/mol. The molecule has 0 aromatic heterocycles. The van der Waals surface area contributed by atoms with Gasteiger partial charge in [0.25, 0.3) is 0 Å². The highest BCUT2D eigenvalue weighted by Gasteiger charge is 2.37. The number of amides is 2. The highest BCUT2D eigenvalue weighted by molar-refractivity contribution is 6.00. The van der Waals surface area contributed by atoms with Gasteiger partial charge in [-0.1, -0.05) is 19.1 Å². The topological polar surface area (TPSA) is 63.1 Å². The number of rotatable bonds is 6. The summed E-state index contributed by atoms with van der Waals surface area (Å²) in [6.45, 7) is 11.0. The molecule has 2 N–H and O–H groups in total. The van der Waals surface area contributed by atoms with Gasteiger partial charge in [-0.3, -0.25) is 9.59 Å². The van der Waals surface area contributed by atoms with Crippen LogP contribution in [0.2, 0.25) is 0 Å². The third kappa shape index (κ3) is 4.68. The van der Waals surface area contributed by atoms with Crippen LogP contribution >= 0.6 is 0 Å². The fourth-order valence-electron chi connectivity index (χ4n) is 3.92. The first-order chi connectivity index (χ1) is 12.9. The van der Waals surface area contributed by atoms with E-state index in [4.69, 9.17) is 4.74 Å². The van der Waals surface area contributed by atoms with Gasteiger partial charge in [0.1, 0.15) is 18.6 Å². The Morgan fingerprint density at radius 1 is 1.26 bits per heavy atom. The normalized spacial score (nSPS) is 21.5. The van der Waals surface area contributed by atoms with Gasteiger partial charge in [0.05, 0.1) is 25.7 Å². The molecule has 6 heteroatoms. The molecule has 1 aromatic carbocycles. The Bertz CT molecular complexity index is 666. The van der Waals surface area contributed by atoms with Crippen molar-refractivity contribution in [1.82, 2.24) is 5.32 Å². The van der Waals surface area contributed by atoms with Crippen molar-refractivity contribution >= 4 is 17.5 Å². The van der Waals surface area contributed by atoms with Crippen LogP contribution in [-0.2, 0) is 20.7 Å². The summed E-state index contributed by atoms with van der Waals surface area (Å²) in [6, 6.07) is 8.04. The fraction of sp³-hybridized carbons (Fsp3) is 0.619. The number of carbonyl (C=O) groups is 2. The number of hydrogen-bond acceptors (Lipinski definition) is 3. The summed E-state index contributed by atoms with van der Waals surface area (Å²) in [4.78, 5) is 28.3. The number of benzene rings is 1. The van der Waals surface area contributed by atoms with E-state index in [0.717, 1.165) is 38.4 Å². The second-order valence-corrected chi connectivity index (χ2v) is 8.24. The van der Waals surface area contributed by atoms with Crippen molar-refractivity contribution in [2.75, 3.05) is 44.3 Å². The summed E-state index contributed by atoms with van der Waals surface area (Å²) in [5.41, 5.74) is 2.08. The second-order valence-electron chi connectivity index (χ2n) is 8.24. The molecule has 2 aliphatic heterocycles. The number of anilines is 1. The highest BCUT2D eigenvalue weighted by atomic mass is 16.5. The molecule has 2 saturated heterocycles. The maximum atomic E-state index is 12.7. The van der Waals surface area contributed by atoms with E-state index in [-0.39, 0.29) is 29.7 Å². The number of quaternary nitrogens is 1. The number of nitrogens with one attached hydrogen (secondary N) is 2. The third-order valence-corrected chi connectivity index (χ3v) is 5.91. The van der Waals surface area contributed by atoms with Gasteiger partial charge in [-0.05, 0) is 38.0 Å². The number of aryl methyl sites for hydroxylation is 1. The summed E-state index contributed by atoms with van der Waals surface area (Å²) in [7, 11) is 0. The van der Waals surface area contributed by atoms with E-state index in [1.54, 1.807) is 4.90 Å². The quantitative estimate of drug-likeness (QED) is 0.758. The molecule has 0 unspecified atom stereocenters. The summed E-state index contributed by atoms with van der Waals surface area (Å²) < 4.78 is 5.43. The molecule has 27 heavy (non-hydrogen) atoms. The smallest absolute Gasteiger partial charge is 0.227 e. The standard InChI is InChI=1S/C21H31N3O3/c1-4-16-5-7-18(8-6-16)24-14-17(13-19(24)25)20(26)22-15-21(2,3)23-9-11-27-12-10-23/h5-8,17H,4,9-15H2,1-3H3,(H,22,26)/p+1/t17-/m0/s1. The van der Waals surface area contributed by atoms with E-state index in [2.05, 4.69) is 26.1 Å². The van der Waals surface area contributed by atoms with Crippen molar-refractivity contribution < 1.29 is 19.2 Å². The van der Waals surface area contributed by atoms with Crippen LogP contribution in [0.5, 0.6) is 0 Å². The molecular formula is C21H32N3O3+. The second kappa shape index (κ2) is 8.40. The van der Waals surface area contributed by atoms with Crippen molar-refractivity contribution in [3.8, 4) is 0 Å². The van der Waals surface area contributed by atoms with Gasteiger partial charge in [0, 0.05) is 18.7 Å². The average molecular weight is 375 g/mol. The van der Waals surface area contributed by atoms with Gasteiger partial charge < -0.3 is 19.9 Å². The zero-order chi connectivity index (χ0) is 19.4. The zero-order valence-corrected chi connectivity index (χ0v) is 16.7. The predicted octanol–water partition coefficient (Wildman–Crippen LogP) is 0.412. The molecule has 1 aromatic rings. The first kappa shape index (κ1) is 19.8. The SMILES string of the molecule is CCc1ccc(N2C[C@@H](C(=O)NCC(C)(C)[NH+]3CCOCC3)CC2=O)cc1. The van der Waals surface area contributed by atoms with Crippen molar-refractivity contribution in [3.05, 3.63) is 29.8 Å². The van der Waals surface area contributed by atoms with E-state index in [1.165, 1.54) is 10.5 Å². The molecule has 2 fully saturated rings. The largest absolute Gasteiger partial charge is 0.370 e. The Morgan fingerprint density at radius 2 is 1.93 bits per heavy atom. The fourth-order valence-corrected chi connectivity index (χ4v) is 3.92. The molecule has 2 aliphatic rings. The molecule has 0 saturated carbocycles. The summed E-state index contributed by atoms with van der Waals surface area (Å²) in [5.74, 6) is -0.270. The number of morpholine rings is 1. The van der Waals surface area contributed by atoms with Crippen LogP contribution in [0.1, 0.15) is 32.8 Å². The number of nitrogens with zero attached hydrogens (tertiary/aromatic N) is 1. The summed E-state index contributed by atoms with van der Waals surface area (Å²) >= 11 is 0. The molecule has 0 radical (unpaired) electrons. The average Bonchev–Trinajstić information content (AvgIpc) is 3.08. The van der Waals surface area contributed by atoms with E-state index in [1.807, 2.05) is 24.3 Å². The van der Waals surface area contributed by atoms with Crippen LogP contribution in [0.15, 0.2) is 24.3 Å². The first-order valence-electron chi connectivity index (χ1n) is 10.0. The number of carbonyl (C=O) groups excluding carboxylic acids is 2. The Labute approximate surface area is 161 Å². The van der Waals surface area contributed by atoms with Gasteiger partial charge >= 0.3 is 0 Å². The lowest BCUT2D eigenvalue weighted by Gasteiger charge is -2.37. The Balaban J connectivity index is 1.55. The van der Waals surface area contributed by atoms with E-state index in [0.29, 0.717) is 13.1 Å². The van der Waals surface area contributed by atoms with Crippen molar-refractivity contribution in [3.63, 3.8) is 0 Å². The number of ether oxygens (including phenoxy) is 1. The summed E-state index contributed by atoms with van der Waals surface area (Å²) in [5, 5.41) is 3.09. The van der Waals surface area contributed by atoms with Gasteiger partial charge in [0.2, 0.25) is 11.8 Å². The Hall–Kier alpha value is -1.92. The zero-order valence-electron chi connectivity index (χ0n) is 16.7. The lowest BCUT2D eigenvalue weighted by Crippen LogP contribution is -3.22. The molecule has 1 atom stereocenters. The maximum Gasteiger partial charge on any atom is 0.227 e. The van der Waals surface area contributed by atoms with E-state index >= 15 is 0 Å². The molecule has 3 rings (SSSR count). The van der Waals surface area contributed by atoms with Crippen LogP contribution in [-0.4, -0.2) is 56.7 Å². The monoisotopic (exact) mass is 374 g/mol. The van der Waals surface area contributed by atoms with Crippen LogP contribution < -0.4 is 15.1 Å². The molecule has 6 nitrogen and oxygen atoms in total. The molecule has 2 amide bonds. The van der Waals surface area contributed by atoms with Gasteiger partial charge in [-0.2, -0.15) is 0 Å². The molecule has 0 spiro atoms. The third-order valence-electron chi connectivity index (χ3n) is 5.91. The van der Waals surface area contributed by atoms with E-state index < -0.39 is 0 Å². The minimum Gasteiger partial charge on any atom is -0.370 e. The molecule has 148 valence electrons.